The van der Waals surface area contributed by atoms with Gasteiger partial charge in [0.1, 0.15) is 11.2 Å². The van der Waals surface area contributed by atoms with Crippen LogP contribution in [0.4, 0.5) is 0 Å². The second-order valence-corrected chi connectivity index (χ2v) is 9.00. The summed E-state index contributed by atoms with van der Waals surface area (Å²) in [7, 11) is 0. The third-order valence-corrected chi connectivity index (χ3v) is 5.71. The molecule has 0 saturated carbocycles. The molecule has 2 heterocycles. The van der Waals surface area contributed by atoms with Gasteiger partial charge in [0, 0.05) is 28.9 Å². The highest BCUT2D eigenvalue weighted by atomic mass is 16.4. The van der Waals surface area contributed by atoms with Crippen LogP contribution in [0.5, 0.6) is 0 Å². The van der Waals surface area contributed by atoms with Gasteiger partial charge in [0.05, 0.1) is 18.2 Å². The van der Waals surface area contributed by atoms with Crippen LogP contribution in [0.25, 0.3) is 21.9 Å². The molecule has 0 unspecified atom stereocenters. The minimum Gasteiger partial charge on any atom is -0.464 e. The number of fused-ring (bicyclic) bond motifs is 2. The smallest absolute Gasteiger partial charge is 0.340 e. The molecule has 0 aliphatic rings. The summed E-state index contributed by atoms with van der Waals surface area (Å²) >= 11 is 0. The predicted molar refractivity (Wildman–Crippen MR) is 123 cm³/mol. The Labute approximate surface area is 181 Å². The number of hydrogen-bond acceptors (Lipinski definition) is 4. The molecule has 5 nitrogen and oxygen atoms in total. The number of carbonyl (C=O) groups excluding carboxylic acids is 1. The molecule has 0 spiro atoms. The van der Waals surface area contributed by atoms with Gasteiger partial charge in [0.25, 0.3) is 0 Å². The molecule has 5 heteroatoms. The molecule has 4 rings (SSSR count). The van der Waals surface area contributed by atoms with E-state index in [9.17, 15) is 9.59 Å². The largest absolute Gasteiger partial charge is 0.464 e. The maximum atomic E-state index is 12.6. The SMILES string of the molecule is Cc1c(CC(=O)NCCc2ccccc2)c(=O)oc2cc3occ(C(C)(C)C)c3cc12. The zero-order valence-corrected chi connectivity index (χ0v) is 18.4. The molecular formula is C26H27NO4. The highest BCUT2D eigenvalue weighted by Gasteiger charge is 2.22. The number of amides is 1. The van der Waals surface area contributed by atoms with Gasteiger partial charge in [-0.2, -0.15) is 0 Å². The van der Waals surface area contributed by atoms with E-state index in [2.05, 4.69) is 26.1 Å². The number of hydrogen-bond donors (Lipinski definition) is 1. The molecule has 31 heavy (non-hydrogen) atoms. The standard InChI is InChI=1S/C26H27NO4/c1-16-18-12-20-21(26(2,3)4)15-30-22(20)14-23(18)31-25(29)19(16)13-24(28)27-11-10-17-8-6-5-7-9-17/h5-9,12,14-15H,10-11,13H2,1-4H3,(H,27,28). The Morgan fingerprint density at radius 1 is 1.03 bits per heavy atom. The van der Waals surface area contributed by atoms with Gasteiger partial charge in [0.2, 0.25) is 5.91 Å². The number of rotatable bonds is 5. The van der Waals surface area contributed by atoms with Gasteiger partial charge in [-0.05, 0) is 36.0 Å². The maximum Gasteiger partial charge on any atom is 0.340 e. The first-order valence-electron chi connectivity index (χ1n) is 10.5. The van der Waals surface area contributed by atoms with Crippen molar-refractivity contribution in [2.45, 2.75) is 46.0 Å². The van der Waals surface area contributed by atoms with E-state index in [-0.39, 0.29) is 17.7 Å². The number of furan rings is 1. The van der Waals surface area contributed by atoms with Crippen LogP contribution < -0.4 is 10.9 Å². The average molecular weight is 418 g/mol. The maximum absolute atomic E-state index is 12.6. The van der Waals surface area contributed by atoms with E-state index < -0.39 is 5.63 Å². The van der Waals surface area contributed by atoms with Gasteiger partial charge in [-0.25, -0.2) is 4.79 Å². The lowest BCUT2D eigenvalue weighted by molar-refractivity contribution is -0.120. The number of carbonyl (C=O) groups is 1. The number of benzene rings is 2. The van der Waals surface area contributed by atoms with E-state index >= 15 is 0 Å². The van der Waals surface area contributed by atoms with Crippen LogP contribution in [0.2, 0.25) is 0 Å². The Balaban J connectivity index is 1.60. The molecule has 0 fully saturated rings. The number of nitrogens with one attached hydrogen (secondary N) is 1. The summed E-state index contributed by atoms with van der Waals surface area (Å²) in [5, 5.41) is 4.72. The zero-order chi connectivity index (χ0) is 22.2. The lowest BCUT2D eigenvalue weighted by atomic mass is 9.86. The van der Waals surface area contributed by atoms with Crippen LogP contribution in [-0.4, -0.2) is 12.5 Å². The Bertz CT molecular complexity index is 1310. The molecular weight excluding hydrogens is 390 g/mol. The van der Waals surface area contributed by atoms with E-state index in [1.165, 1.54) is 0 Å². The Kier molecular flexibility index (Phi) is 5.44. The van der Waals surface area contributed by atoms with Gasteiger partial charge in [-0.1, -0.05) is 51.1 Å². The molecule has 0 atom stereocenters. The molecule has 2 aromatic heterocycles. The van der Waals surface area contributed by atoms with Crippen molar-refractivity contribution < 1.29 is 13.6 Å². The summed E-state index contributed by atoms with van der Waals surface area (Å²) in [6, 6.07) is 13.7. The summed E-state index contributed by atoms with van der Waals surface area (Å²) in [5.74, 6) is -0.189. The van der Waals surface area contributed by atoms with Crippen molar-refractivity contribution in [1.29, 1.82) is 0 Å². The van der Waals surface area contributed by atoms with Crippen molar-refractivity contribution in [2.75, 3.05) is 6.54 Å². The van der Waals surface area contributed by atoms with E-state index in [1.807, 2.05) is 43.3 Å². The third kappa shape index (κ3) is 4.26. The molecule has 0 aliphatic heterocycles. The lowest BCUT2D eigenvalue weighted by Crippen LogP contribution is -2.29. The predicted octanol–water partition coefficient (Wildman–Crippen LogP) is 5.05. The van der Waals surface area contributed by atoms with E-state index in [1.54, 1.807) is 12.3 Å². The third-order valence-electron chi connectivity index (χ3n) is 5.71. The first-order valence-corrected chi connectivity index (χ1v) is 10.5. The van der Waals surface area contributed by atoms with Crippen molar-refractivity contribution >= 4 is 27.8 Å². The molecule has 1 amide bonds. The van der Waals surface area contributed by atoms with E-state index in [0.717, 1.165) is 33.9 Å². The molecule has 4 aromatic rings. The highest BCUT2D eigenvalue weighted by molar-refractivity contribution is 5.97. The molecule has 0 radical (unpaired) electrons. The normalized spacial score (nSPS) is 11.9. The second kappa shape index (κ2) is 8.06. The topological polar surface area (TPSA) is 72.5 Å². The summed E-state index contributed by atoms with van der Waals surface area (Å²) < 4.78 is 11.3. The summed E-state index contributed by atoms with van der Waals surface area (Å²) in [6.45, 7) is 8.78. The summed E-state index contributed by atoms with van der Waals surface area (Å²) in [5.41, 5.74) is 4.01. The Morgan fingerprint density at radius 3 is 2.48 bits per heavy atom. The van der Waals surface area contributed by atoms with Crippen LogP contribution in [0.1, 0.15) is 43.0 Å². The molecule has 1 N–H and O–H groups in total. The van der Waals surface area contributed by atoms with Gasteiger partial charge >= 0.3 is 5.63 Å². The minimum absolute atomic E-state index is 0.00551. The van der Waals surface area contributed by atoms with Gasteiger partial charge < -0.3 is 14.2 Å². The fourth-order valence-corrected chi connectivity index (χ4v) is 3.91. The fraction of sp³-hybridized carbons (Fsp3) is 0.308. The quantitative estimate of drug-likeness (QED) is 0.462. The van der Waals surface area contributed by atoms with Crippen molar-refractivity contribution in [3.63, 3.8) is 0 Å². The number of aryl methyl sites for hydroxylation is 1. The van der Waals surface area contributed by atoms with Crippen molar-refractivity contribution in [1.82, 2.24) is 5.32 Å². The second-order valence-electron chi connectivity index (χ2n) is 9.00. The molecule has 0 bridgehead atoms. The van der Waals surface area contributed by atoms with E-state index in [4.69, 9.17) is 8.83 Å². The Hall–Kier alpha value is -3.34. The fourth-order valence-electron chi connectivity index (χ4n) is 3.91. The van der Waals surface area contributed by atoms with Crippen LogP contribution >= 0.6 is 0 Å². The average Bonchev–Trinajstić information content (AvgIpc) is 3.14. The zero-order valence-electron chi connectivity index (χ0n) is 18.4. The minimum atomic E-state index is -0.481. The highest BCUT2D eigenvalue weighted by Crippen LogP contribution is 2.35. The van der Waals surface area contributed by atoms with Crippen molar-refractivity contribution in [3.8, 4) is 0 Å². The molecule has 0 saturated heterocycles. The summed E-state index contributed by atoms with van der Waals surface area (Å²) in [4.78, 5) is 25.1. The lowest BCUT2D eigenvalue weighted by Gasteiger charge is -2.16. The monoisotopic (exact) mass is 417 g/mol. The van der Waals surface area contributed by atoms with Gasteiger partial charge in [0.15, 0.2) is 0 Å². The van der Waals surface area contributed by atoms with E-state index in [0.29, 0.717) is 23.3 Å². The first-order chi connectivity index (χ1) is 14.7. The van der Waals surface area contributed by atoms with Crippen LogP contribution in [0.3, 0.4) is 0 Å². The van der Waals surface area contributed by atoms with Crippen LogP contribution in [0, 0.1) is 6.92 Å². The van der Waals surface area contributed by atoms with Crippen molar-refractivity contribution in [2.24, 2.45) is 0 Å². The Morgan fingerprint density at radius 2 is 1.77 bits per heavy atom. The van der Waals surface area contributed by atoms with Gasteiger partial charge in [-0.3, -0.25) is 4.79 Å². The molecule has 0 aliphatic carbocycles. The molecule has 160 valence electrons. The first kappa shape index (κ1) is 20.9. The van der Waals surface area contributed by atoms with Crippen molar-refractivity contribution in [3.05, 3.63) is 81.4 Å². The van der Waals surface area contributed by atoms with Crippen LogP contribution in [-0.2, 0) is 23.1 Å². The summed E-state index contributed by atoms with van der Waals surface area (Å²) in [6.07, 6.45) is 2.50. The molecule has 2 aromatic carbocycles. The van der Waals surface area contributed by atoms with Crippen LogP contribution in [0.15, 0.2) is 62.4 Å². The van der Waals surface area contributed by atoms with Gasteiger partial charge in [-0.15, -0.1) is 0 Å².